The molecule has 4 rings (SSSR count). The lowest BCUT2D eigenvalue weighted by atomic mass is 9.76. The van der Waals surface area contributed by atoms with Crippen molar-refractivity contribution in [3.8, 4) is 11.1 Å². The monoisotopic (exact) mass is 321 g/mol. The van der Waals surface area contributed by atoms with E-state index in [1.165, 1.54) is 42.4 Å². The van der Waals surface area contributed by atoms with Crippen LogP contribution in [-0.2, 0) is 6.54 Å². The van der Waals surface area contributed by atoms with Crippen LogP contribution in [0.4, 0.5) is 0 Å². The van der Waals surface area contributed by atoms with Crippen LogP contribution in [0.1, 0.15) is 37.7 Å². The van der Waals surface area contributed by atoms with Gasteiger partial charge < -0.3 is 5.11 Å². The lowest BCUT2D eigenvalue weighted by molar-refractivity contribution is -0.0119. The molecule has 2 aliphatic rings. The van der Waals surface area contributed by atoms with Gasteiger partial charge in [0, 0.05) is 18.5 Å². The van der Waals surface area contributed by atoms with Gasteiger partial charge in [-0.05, 0) is 48.9 Å². The minimum Gasteiger partial charge on any atom is -0.393 e. The zero-order valence-electron chi connectivity index (χ0n) is 14.3. The third-order valence-corrected chi connectivity index (χ3v) is 6.04. The minimum atomic E-state index is -0.0929. The molecule has 126 valence electrons. The molecule has 2 heteroatoms. The van der Waals surface area contributed by atoms with Crippen molar-refractivity contribution in [2.45, 2.75) is 44.8 Å². The van der Waals surface area contributed by atoms with Crippen LogP contribution in [-0.4, -0.2) is 29.2 Å². The SMILES string of the molecule is O[C@@H]1CCC[C@]12CCCN(Cc1ccccc1-c1ccccc1)C2. The van der Waals surface area contributed by atoms with Crippen molar-refractivity contribution in [1.82, 2.24) is 4.90 Å². The summed E-state index contributed by atoms with van der Waals surface area (Å²) >= 11 is 0. The Labute approximate surface area is 145 Å². The molecule has 24 heavy (non-hydrogen) atoms. The molecule has 1 aliphatic carbocycles. The van der Waals surface area contributed by atoms with Crippen LogP contribution in [0.3, 0.4) is 0 Å². The minimum absolute atomic E-state index is 0.0929. The van der Waals surface area contributed by atoms with Crippen molar-refractivity contribution < 1.29 is 5.11 Å². The van der Waals surface area contributed by atoms with Crippen LogP contribution in [0.25, 0.3) is 11.1 Å². The fraction of sp³-hybridized carbons (Fsp3) is 0.455. The number of likely N-dealkylation sites (tertiary alicyclic amines) is 1. The Morgan fingerprint density at radius 2 is 1.71 bits per heavy atom. The number of hydrogen-bond acceptors (Lipinski definition) is 2. The second-order valence-corrected chi connectivity index (χ2v) is 7.61. The first-order valence-electron chi connectivity index (χ1n) is 9.31. The summed E-state index contributed by atoms with van der Waals surface area (Å²) in [5.41, 5.74) is 4.19. The fourth-order valence-corrected chi connectivity index (χ4v) is 4.79. The average Bonchev–Trinajstić information content (AvgIpc) is 2.96. The Hall–Kier alpha value is -1.64. The Morgan fingerprint density at radius 3 is 2.50 bits per heavy atom. The quantitative estimate of drug-likeness (QED) is 0.901. The first-order valence-corrected chi connectivity index (χ1v) is 9.31. The molecule has 0 bridgehead atoms. The Morgan fingerprint density at radius 1 is 0.958 bits per heavy atom. The van der Waals surface area contributed by atoms with Crippen molar-refractivity contribution >= 4 is 0 Å². The molecule has 1 spiro atoms. The standard InChI is InChI=1S/C22H27NO/c24-21-12-6-13-22(21)14-7-15-23(17-22)16-19-10-4-5-11-20(19)18-8-2-1-3-9-18/h1-5,8-11,21,24H,6-7,12-17H2/t21-,22-/m1/s1. The predicted octanol–water partition coefficient (Wildman–Crippen LogP) is 4.48. The predicted molar refractivity (Wildman–Crippen MR) is 98.7 cm³/mol. The highest BCUT2D eigenvalue weighted by Gasteiger charge is 2.44. The van der Waals surface area contributed by atoms with Gasteiger partial charge in [0.2, 0.25) is 0 Å². The second kappa shape index (κ2) is 6.70. The highest BCUT2D eigenvalue weighted by Crippen LogP contribution is 2.45. The van der Waals surface area contributed by atoms with Gasteiger partial charge in [-0.2, -0.15) is 0 Å². The third-order valence-electron chi connectivity index (χ3n) is 6.04. The van der Waals surface area contributed by atoms with E-state index in [9.17, 15) is 5.11 Å². The first kappa shape index (κ1) is 15.9. The van der Waals surface area contributed by atoms with E-state index in [4.69, 9.17) is 0 Å². The van der Waals surface area contributed by atoms with Gasteiger partial charge in [0.15, 0.2) is 0 Å². The van der Waals surface area contributed by atoms with Gasteiger partial charge in [-0.25, -0.2) is 0 Å². The summed E-state index contributed by atoms with van der Waals surface area (Å²) in [6.07, 6.45) is 5.70. The highest BCUT2D eigenvalue weighted by molar-refractivity contribution is 5.67. The smallest absolute Gasteiger partial charge is 0.0608 e. The number of benzene rings is 2. The van der Waals surface area contributed by atoms with Crippen LogP contribution >= 0.6 is 0 Å². The normalized spacial score (nSPS) is 27.6. The van der Waals surface area contributed by atoms with Crippen molar-refractivity contribution in [3.05, 3.63) is 60.2 Å². The first-order chi connectivity index (χ1) is 11.8. The van der Waals surface area contributed by atoms with E-state index in [1.807, 2.05) is 0 Å². The van der Waals surface area contributed by atoms with Gasteiger partial charge in [0.05, 0.1) is 6.10 Å². The molecule has 0 aromatic heterocycles. The van der Waals surface area contributed by atoms with E-state index in [1.54, 1.807) is 0 Å². The maximum Gasteiger partial charge on any atom is 0.0608 e. The topological polar surface area (TPSA) is 23.5 Å². The molecule has 2 fully saturated rings. The third kappa shape index (κ3) is 3.01. The molecule has 0 radical (unpaired) electrons. The lowest BCUT2D eigenvalue weighted by Crippen LogP contribution is -2.46. The zero-order valence-corrected chi connectivity index (χ0v) is 14.3. The Balaban J connectivity index is 1.56. The molecule has 1 heterocycles. The highest BCUT2D eigenvalue weighted by atomic mass is 16.3. The number of rotatable bonds is 3. The van der Waals surface area contributed by atoms with E-state index in [2.05, 4.69) is 59.5 Å². The summed E-state index contributed by atoms with van der Waals surface area (Å²) in [6.45, 7) is 3.19. The Kier molecular flexibility index (Phi) is 4.43. The van der Waals surface area contributed by atoms with Crippen LogP contribution < -0.4 is 0 Å². The molecule has 2 aromatic rings. The maximum absolute atomic E-state index is 10.5. The molecular weight excluding hydrogens is 294 g/mol. The largest absolute Gasteiger partial charge is 0.393 e. The maximum atomic E-state index is 10.5. The van der Waals surface area contributed by atoms with Crippen molar-refractivity contribution in [1.29, 1.82) is 0 Å². The number of aliphatic hydroxyl groups is 1. The molecule has 0 amide bonds. The molecule has 1 aliphatic heterocycles. The van der Waals surface area contributed by atoms with E-state index >= 15 is 0 Å². The van der Waals surface area contributed by atoms with E-state index in [0.29, 0.717) is 0 Å². The van der Waals surface area contributed by atoms with Gasteiger partial charge in [-0.1, -0.05) is 61.0 Å². The lowest BCUT2D eigenvalue weighted by Gasteiger charge is -2.42. The van der Waals surface area contributed by atoms with Crippen molar-refractivity contribution in [3.63, 3.8) is 0 Å². The van der Waals surface area contributed by atoms with Crippen LogP contribution in [0.2, 0.25) is 0 Å². The summed E-state index contributed by atoms with van der Waals surface area (Å²) in [5.74, 6) is 0. The van der Waals surface area contributed by atoms with Crippen molar-refractivity contribution in [2.75, 3.05) is 13.1 Å². The summed E-state index contributed by atoms with van der Waals surface area (Å²) in [6, 6.07) is 19.4. The van der Waals surface area contributed by atoms with Gasteiger partial charge >= 0.3 is 0 Å². The summed E-state index contributed by atoms with van der Waals surface area (Å²) in [5, 5.41) is 10.5. The number of piperidine rings is 1. The summed E-state index contributed by atoms with van der Waals surface area (Å²) in [4.78, 5) is 2.57. The van der Waals surface area contributed by atoms with Gasteiger partial charge in [-0.3, -0.25) is 4.90 Å². The molecule has 2 atom stereocenters. The second-order valence-electron chi connectivity index (χ2n) is 7.61. The molecule has 1 saturated heterocycles. The molecular formula is C22H27NO. The van der Waals surface area contributed by atoms with Gasteiger partial charge in [-0.15, -0.1) is 0 Å². The summed E-state index contributed by atoms with van der Waals surface area (Å²) < 4.78 is 0. The van der Waals surface area contributed by atoms with E-state index in [0.717, 1.165) is 26.1 Å². The molecule has 1 saturated carbocycles. The average molecular weight is 321 g/mol. The molecule has 0 unspecified atom stereocenters. The van der Waals surface area contributed by atoms with E-state index < -0.39 is 0 Å². The zero-order chi connectivity index (χ0) is 16.4. The van der Waals surface area contributed by atoms with Crippen LogP contribution in [0.5, 0.6) is 0 Å². The fourth-order valence-electron chi connectivity index (χ4n) is 4.79. The van der Waals surface area contributed by atoms with E-state index in [-0.39, 0.29) is 11.5 Å². The Bertz CT molecular complexity index is 683. The molecule has 2 nitrogen and oxygen atoms in total. The number of hydrogen-bond donors (Lipinski definition) is 1. The summed E-state index contributed by atoms with van der Waals surface area (Å²) in [7, 11) is 0. The van der Waals surface area contributed by atoms with Crippen LogP contribution in [0.15, 0.2) is 54.6 Å². The molecule has 1 N–H and O–H groups in total. The molecule has 2 aromatic carbocycles. The van der Waals surface area contributed by atoms with Gasteiger partial charge in [0.25, 0.3) is 0 Å². The number of nitrogens with zero attached hydrogens (tertiary/aromatic N) is 1. The van der Waals surface area contributed by atoms with Crippen LogP contribution in [0, 0.1) is 5.41 Å². The number of aliphatic hydroxyl groups excluding tert-OH is 1. The van der Waals surface area contributed by atoms with Crippen molar-refractivity contribution in [2.24, 2.45) is 5.41 Å². The van der Waals surface area contributed by atoms with Gasteiger partial charge in [0.1, 0.15) is 0 Å².